The van der Waals surface area contributed by atoms with Gasteiger partial charge in [0, 0.05) is 18.7 Å². The number of ketones is 1. The second-order valence-electron chi connectivity index (χ2n) is 5.82. The smallest absolute Gasteiger partial charge is 0.254 e. The average Bonchev–Trinajstić information content (AvgIpc) is 3.26. The Hall–Kier alpha value is -1.98. The molecule has 1 aromatic heterocycles. The summed E-state index contributed by atoms with van der Waals surface area (Å²) in [5.41, 5.74) is 1.01. The van der Waals surface area contributed by atoms with E-state index in [4.69, 9.17) is 0 Å². The van der Waals surface area contributed by atoms with E-state index in [0.717, 1.165) is 26.1 Å². The van der Waals surface area contributed by atoms with Crippen LogP contribution >= 0.6 is 11.3 Å². The van der Waals surface area contributed by atoms with Crippen LogP contribution in [-0.2, 0) is 0 Å². The molecular formula is C18H20N2O2S. The zero-order chi connectivity index (χ0) is 16.2. The molecule has 120 valence electrons. The zero-order valence-electron chi connectivity index (χ0n) is 13.1. The average molecular weight is 328 g/mol. The standard InChI is InChI=1S/C18H20N2O2S/c1-19-11-13-8-9-20(12-13)18(22)15-6-3-2-5-14(15)17(21)16-7-4-10-23-16/h2-7,10,13,19H,8-9,11-12H2,1H3. The van der Waals surface area contributed by atoms with Crippen molar-refractivity contribution in [3.05, 3.63) is 57.8 Å². The third-order valence-corrected chi connectivity index (χ3v) is 5.08. The minimum atomic E-state index is -0.0741. The summed E-state index contributed by atoms with van der Waals surface area (Å²) in [5, 5.41) is 5.04. The third-order valence-electron chi connectivity index (χ3n) is 4.21. The number of nitrogens with zero attached hydrogens (tertiary/aromatic N) is 1. The molecule has 1 amide bonds. The van der Waals surface area contributed by atoms with Gasteiger partial charge < -0.3 is 10.2 Å². The topological polar surface area (TPSA) is 49.4 Å². The molecule has 3 rings (SSSR count). The van der Waals surface area contributed by atoms with Crippen molar-refractivity contribution in [1.82, 2.24) is 10.2 Å². The predicted octanol–water partition coefficient (Wildman–Crippen LogP) is 2.66. The SMILES string of the molecule is CNCC1CCN(C(=O)c2ccccc2C(=O)c2cccs2)C1. The molecule has 1 N–H and O–H groups in total. The number of rotatable bonds is 5. The number of carbonyl (C=O) groups excluding carboxylic acids is 2. The fourth-order valence-electron chi connectivity index (χ4n) is 3.05. The molecule has 0 bridgehead atoms. The second kappa shape index (κ2) is 7.06. The van der Waals surface area contributed by atoms with Crippen molar-refractivity contribution < 1.29 is 9.59 Å². The fraction of sp³-hybridized carbons (Fsp3) is 0.333. The van der Waals surface area contributed by atoms with Crippen LogP contribution in [0.15, 0.2) is 41.8 Å². The summed E-state index contributed by atoms with van der Waals surface area (Å²) in [6.45, 7) is 2.42. The summed E-state index contributed by atoms with van der Waals surface area (Å²) in [6, 6.07) is 10.8. The number of benzene rings is 1. The minimum Gasteiger partial charge on any atom is -0.338 e. The molecule has 2 aromatic rings. The number of likely N-dealkylation sites (tertiary alicyclic amines) is 1. The maximum atomic E-state index is 12.8. The van der Waals surface area contributed by atoms with E-state index in [0.29, 0.717) is 21.9 Å². The van der Waals surface area contributed by atoms with Gasteiger partial charge in [-0.15, -0.1) is 11.3 Å². The van der Waals surface area contributed by atoms with Crippen LogP contribution in [0.25, 0.3) is 0 Å². The Labute approximate surface area is 140 Å². The Morgan fingerprint density at radius 1 is 1.22 bits per heavy atom. The third kappa shape index (κ3) is 3.35. The van der Waals surface area contributed by atoms with E-state index in [9.17, 15) is 9.59 Å². The van der Waals surface area contributed by atoms with E-state index in [1.165, 1.54) is 11.3 Å². The second-order valence-corrected chi connectivity index (χ2v) is 6.76. The molecule has 0 aliphatic carbocycles. The summed E-state index contributed by atoms with van der Waals surface area (Å²) < 4.78 is 0. The molecule has 2 heterocycles. The molecular weight excluding hydrogens is 308 g/mol. The lowest BCUT2D eigenvalue weighted by molar-refractivity contribution is 0.0782. The Bertz CT molecular complexity index is 697. The molecule has 5 heteroatoms. The van der Waals surface area contributed by atoms with Crippen molar-refractivity contribution in [3.63, 3.8) is 0 Å². The maximum absolute atomic E-state index is 12.8. The first-order chi connectivity index (χ1) is 11.2. The molecule has 23 heavy (non-hydrogen) atoms. The van der Waals surface area contributed by atoms with Crippen molar-refractivity contribution >= 4 is 23.0 Å². The monoisotopic (exact) mass is 328 g/mol. The van der Waals surface area contributed by atoms with Crippen molar-refractivity contribution in [1.29, 1.82) is 0 Å². The summed E-state index contributed by atoms with van der Waals surface area (Å²) in [7, 11) is 1.93. The first-order valence-electron chi connectivity index (χ1n) is 7.82. The van der Waals surface area contributed by atoms with Gasteiger partial charge in [-0.3, -0.25) is 9.59 Å². The van der Waals surface area contributed by atoms with E-state index in [1.54, 1.807) is 18.2 Å². The number of nitrogens with one attached hydrogen (secondary N) is 1. The highest BCUT2D eigenvalue weighted by Gasteiger charge is 2.28. The van der Waals surface area contributed by atoms with Crippen molar-refractivity contribution in [2.75, 3.05) is 26.7 Å². The highest BCUT2D eigenvalue weighted by atomic mass is 32.1. The maximum Gasteiger partial charge on any atom is 0.254 e. The zero-order valence-corrected chi connectivity index (χ0v) is 13.9. The van der Waals surface area contributed by atoms with Crippen molar-refractivity contribution in [3.8, 4) is 0 Å². The van der Waals surface area contributed by atoms with E-state index in [-0.39, 0.29) is 11.7 Å². The van der Waals surface area contributed by atoms with Crippen LogP contribution in [0.2, 0.25) is 0 Å². The van der Waals surface area contributed by atoms with Gasteiger partial charge in [0.25, 0.3) is 5.91 Å². The van der Waals surface area contributed by atoms with Gasteiger partial charge in [0.1, 0.15) is 0 Å². The predicted molar refractivity (Wildman–Crippen MR) is 92.1 cm³/mol. The van der Waals surface area contributed by atoms with E-state index in [2.05, 4.69) is 5.32 Å². The summed E-state index contributed by atoms with van der Waals surface area (Å²) in [5.74, 6) is 0.378. The Morgan fingerprint density at radius 3 is 2.70 bits per heavy atom. The van der Waals surface area contributed by atoms with Gasteiger partial charge in [-0.2, -0.15) is 0 Å². The molecule has 1 atom stereocenters. The van der Waals surface area contributed by atoms with Crippen LogP contribution in [0.3, 0.4) is 0 Å². The van der Waals surface area contributed by atoms with Gasteiger partial charge in [-0.1, -0.05) is 24.3 Å². The number of hydrogen-bond donors (Lipinski definition) is 1. The molecule has 0 spiro atoms. The van der Waals surface area contributed by atoms with E-state index >= 15 is 0 Å². The van der Waals surface area contributed by atoms with Crippen LogP contribution in [-0.4, -0.2) is 43.3 Å². The molecule has 1 aromatic carbocycles. The molecule has 1 aliphatic rings. The van der Waals surface area contributed by atoms with Crippen LogP contribution in [0.1, 0.15) is 32.0 Å². The van der Waals surface area contributed by atoms with Gasteiger partial charge in [0.05, 0.1) is 10.4 Å². The summed E-state index contributed by atoms with van der Waals surface area (Å²) in [6.07, 6.45) is 1.01. The first-order valence-corrected chi connectivity index (χ1v) is 8.69. The molecule has 1 aliphatic heterocycles. The molecule has 0 radical (unpaired) electrons. The lowest BCUT2D eigenvalue weighted by Crippen LogP contribution is -2.31. The Balaban J connectivity index is 1.83. The largest absolute Gasteiger partial charge is 0.338 e. The van der Waals surface area contributed by atoms with Crippen molar-refractivity contribution in [2.45, 2.75) is 6.42 Å². The number of carbonyl (C=O) groups is 2. The normalized spacial score (nSPS) is 17.4. The summed E-state index contributed by atoms with van der Waals surface area (Å²) in [4.78, 5) is 28.0. The number of amides is 1. The molecule has 1 saturated heterocycles. The van der Waals surface area contributed by atoms with Crippen molar-refractivity contribution in [2.24, 2.45) is 5.92 Å². The molecule has 4 nitrogen and oxygen atoms in total. The Morgan fingerprint density at radius 2 is 2.00 bits per heavy atom. The Kier molecular flexibility index (Phi) is 4.88. The molecule has 1 fully saturated rings. The quantitative estimate of drug-likeness (QED) is 0.859. The van der Waals surface area contributed by atoms with Gasteiger partial charge in [-0.05, 0) is 43.4 Å². The van der Waals surface area contributed by atoms with Gasteiger partial charge in [-0.25, -0.2) is 0 Å². The van der Waals surface area contributed by atoms with Crippen LogP contribution in [0, 0.1) is 5.92 Å². The lowest BCUT2D eigenvalue weighted by atomic mass is 10.0. The highest BCUT2D eigenvalue weighted by Crippen LogP contribution is 2.22. The van der Waals surface area contributed by atoms with E-state index < -0.39 is 0 Å². The molecule has 1 unspecified atom stereocenters. The van der Waals surface area contributed by atoms with Crippen LogP contribution < -0.4 is 5.32 Å². The summed E-state index contributed by atoms with van der Waals surface area (Å²) >= 11 is 1.40. The van der Waals surface area contributed by atoms with Gasteiger partial charge >= 0.3 is 0 Å². The number of hydrogen-bond acceptors (Lipinski definition) is 4. The number of thiophene rings is 1. The van der Waals surface area contributed by atoms with E-state index in [1.807, 2.05) is 35.5 Å². The highest BCUT2D eigenvalue weighted by molar-refractivity contribution is 7.12. The van der Waals surface area contributed by atoms with Crippen LogP contribution in [0.4, 0.5) is 0 Å². The minimum absolute atomic E-state index is 0.0379. The lowest BCUT2D eigenvalue weighted by Gasteiger charge is -2.18. The van der Waals surface area contributed by atoms with Gasteiger partial charge in [0.2, 0.25) is 5.78 Å². The van der Waals surface area contributed by atoms with Gasteiger partial charge in [0.15, 0.2) is 0 Å². The molecule has 0 saturated carbocycles. The van der Waals surface area contributed by atoms with Crippen LogP contribution in [0.5, 0.6) is 0 Å². The first kappa shape index (κ1) is 15.9. The fourth-order valence-corrected chi connectivity index (χ4v) is 3.73.